The number of nitrogens with zero attached hydrogens (tertiary/aromatic N) is 1. The van der Waals surface area contributed by atoms with Gasteiger partial charge in [0.05, 0.1) is 0 Å². The molecule has 7 heteroatoms. The molecule has 28 heavy (non-hydrogen) atoms. The molecule has 1 saturated heterocycles. The van der Waals surface area contributed by atoms with Crippen LogP contribution in [-0.2, 0) is 13.2 Å². The zero-order chi connectivity index (χ0) is 18.4. The van der Waals surface area contributed by atoms with Crippen molar-refractivity contribution in [3.05, 3.63) is 63.1 Å². The number of ether oxygens (including phenoxy) is 1. The molecule has 1 N–H and O–H groups in total. The first-order chi connectivity index (χ1) is 12.7. The number of hydrogen-bond donors (Lipinski definition) is 1. The lowest BCUT2D eigenvalue weighted by Crippen LogP contribution is -2.37. The molecular formula is C21H28BrCl3N2O. The first kappa shape index (κ1) is 25.5. The fraction of sp³-hybridized carbons (Fsp3) is 0.429. The van der Waals surface area contributed by atoms with E-state index in [0.717, 1.165) is 40.4 Å². The van der Waals surface area contributed by atoms with E-state index in [9.17, 15) is 0 Å². The van der Waals surface area contributed by atoms with Gasteiger partial charge in [0.15, 0.2) is 0 Å². The third kappa shape index (κ3) is 7.40. The number of rotatable bonds is 8. The molecule has 3 rings (SSSR count). The minimum absolute atomic E-state index is 0. The summed E-state index contributed by atoms with van der Waals surface area (Å²) in [5.74, 6) is 0.925. The smallest absolute Gasteiger partial charge is 0.124 e. The van der Waals surface area contributed by atoms with Crippen LogP contribution in [0.25, 0.3) is 0 Å². The van der Waals surface area contributed by atoms with Crippen LogP contribution in [0.5, 0.6) is 5.75 Å². The fourth-order valence-electron chi connectivity index (χ4n) is 3.48. The fourth-order valence-corrected chi connectivity index (χ4v) is 4.02. The van der Waals surface area contributed by atoms with Gasteiger partial charge in [-0.05, 0) is 61.8 Å². The maximum atomic E-state index is 6.07. The summed E-state index contributed by atoms with van der Waals surface area (Å²) in [5.41, 5.74) is 2.29. The molecule has 1 aliphatic rings. The maximum Gasteiger partial charge on any atom is 0.124 e. The second-order valence-electron chi connectivity index (χ2n) is 6.72. The molecule has 0 radical (unpaired) electrons. The molecule has 1 heterocycles. The average Bonchev–Trinajstić information content (AvgIpc) is 3.10. The van der Waals surface area contributed by atoms with E-state index in [0.29, 0.717) is 12.6 Å². The van der Waals surface area contributed by atoms with E-state index < -0.39 is 0 Å². The van der Waals surface area contributed by atoms with Gasteiger partial charge in [0, 0.05) is 34.2 Å². The highest BCUT2D eigenvalue weighted by molar-refractivity contribution is 9.10. The zero-order valence-electron chi connectivity index (χ0n) is 16.0. The SMILES string of the molecule is CCN1CCCC1CNCc1cc(Br)ccc1OCc1ccc(Cl)cc1.Cl.Cl. The Morgan fingerprint density at radius 2 is 1.93 bits per heavy atom. The Morgan fingerprint density at radius 1 is 1.18 bits per heavy atom. The highest BCUT2D eigenvalue weighted by atomic mass is 79.9. The van der Waals surface area contributed by atoms with Gasteiger partial charge in [0.1, 0.15) is 12.4 Å². The van der Waals surface area contributed by atoms with Gasteiger partial charge >= 0.3 is 0 Å². The Kier molecular flexibility index (Phi) is 11.8. The van der Waals surface area contributed by atoms with Gasteiger partial charge in [0.25, 0.3) is 0 Å². The number of likely N-dealkylation sites (tertiary alicyclic amines) is 1. The Balaban J connectivity index is 0.00000196. The highest BCUT2D eigenvalue weighted by Gasteiger charge is 2.22. The van der Waals surface area contributed by atoms with Crippen LogP contribution in [0.2, 0.25) is 5.02 Å². The second-order valence-corrected chi connectivity index (χ2v) is 8.07. The molecular weight excluding hydrogens is 483 g/mol. The molecule has 2 aromatic carbocycles. The van der Waals surface area contributed by atoms with Crippen molar-refractivity contribution in [3.63, 3.8) is 0 Å². The van der Waals surface area contributed by atoms with Gasteiger partial charge in [0.2, 0.25) is 0 Å². The van der Waals surface area contributed by atoms with Gasteiger partial charge in [-0.2, -0.15) is 0 Å². The van der Waals surface area contributed by atoms with Crippen molar-refractivity contribution in [2.75, 3.05) is 19.6 Å². The van der Waals surface area contributed by atoms with E-state index >= 15 is 0 Å². The number of nitrogens with one attached hydrogen (secondary N) is 1. The predicted octanol–water partition coefficient (Wildman–Crippen LogP) is 6.10. The van der Waals surface area contributed by atoms with E-state index in [1.807, 2.05) is 36.4 Å². The van der Waals surface area contributed by atoms with E-state index in [2.05, 4.69) is 39.1 Å². The molecule has 1 aliphatic heterocycles. The van der Waals surface area contributed by atoms with Crippen LogP contribution in [0, 0.1) is 0 Å². The van der Waals surface area contributed by atoms with E-state index in [4.69, 9.17) is 16.3 Å². The van der Waals surface area contributed by atoms with Gasteiger partial charge in [-0.15, -0.1) is 24.8 Å². The van der Waals surface area contributed by atoms with Crippen LogP contribution in [0.1, 0.15) is 30.9 Å². The summed E-state index contributed by atoms with van der Waals surface area (Å²) in [6.45, 7) is 6.99. The van der Waals surface area contributed by atoms with Crippen LogP contribution in [0.3, 0.4) is 0 Å². The van der Waals surface area contributed by atoms with Gasteiger partial charge < -0.3 is 10.1 Å². The summed E-state index contributed by atoms with van der Waals surface area (Å²) in [7, 11) is 0. The predicted molar refractivity (Wildman–Crippen MR) is 126 cm³/mol. The largest absolute Gasteiger partial charge is 0.489 e. The molecule has 0 aromatic heterocycles. The molecule has 0 aliphatic carbocycles. The Hall–Kier alpha value is -0.490. The van der Waals surface area contributed by atoms with Crippen molar-refractivity contribution < 1.29 is 4.74 Å². The summed E-state index contributed by atoms with van der Waals surface area (Å²) >= 11 is 9.52. The number of halogens is 4. The van der Waals surface area contributed by atoms with Crippen LogP contribution in [-0.4, -0.2) is 30.6 Å². The molecule has 0 saturated carbocycles. The standard InChI is InChI=1S/C21H26BrClN2O.2ClH/c1-2-25-11-3-4-20(25)14-24-13-17-12-18(22)7-10-21(17)26-15-16-5-8-19(23)9-6-16;;/h5-10,12,20,24H,2-4,11,13-15H2,1H3;2*1H. The van der Waals surface area contributed by atoms with Crippen LogP contribution >= 0.6 is 52.3 Å². The molecule has 2 aromatic rings. The Labute approximate surface area is 194 Å². The van der Waals surface area contributed by atoms with Gasteiger partial charge in [-0.25, -0.2) is 0 Å². The molecule has 0 bridgehead atoms. The summed E-state index contributed by atoms with van der Waals surface area (Å²) in [5, 5.41) is 4.37. The highest BCUT2D eigenvalue weighted by Crippen LogP contribution is 2.25. The molecule has 0 spiro atoms. The van der Waals surface area contributed by atoms with Crippen molar-refractivity contribution in [3.8, 4) is 5.75 Å². The first-order valence-electron chi connectivity index (χ1n) is 9.26. The van der Waals surface area contributed by atoms with Gasteiger partial charge in [-0.3, -0.25) is 4.90 Å². The number of benzene rings is 2. The van der Waals surface area contributed by atoms with Crippen molar-refractivity contribution in [2.45, 2.75) is 39.0 Å². The minimum atomic E-state index is 0. The van der Waals surface area contributed by atoms with Crippen LogP contribution < -0.4 is 10.1 Å². The molecule has 1 atom stereocenters. The molecule has 0 amide bonds. The second kappa shape index (κ2) is 12.9. The minimum Gasteiger partial charge on any atom is -0.489 e. The maximum absolute atomic E-state index is 6.07. The lowest BCUT2D eigenvalue weighted by molar-refractivity contribution is 0.259. The lowest BCUT2D eigenvalue weighted by atomic mass is 10.1. The summed E-state index contributed by atoms with van der Waals surface area (Å²) in [6.07, 6.45) is 2.60. The molecule has 3 nitrogen and oxygen atoms in total. The zero-order valence-corrected chi connectivity index (χ0v) is 20.0. The monoisotopic (exact) mass is 508 g/mol. The third-order valence-electron chi connectivity index (χ3n) is 4.93. The van der Waals surface area contributed by atoms with Crippen molar-refractivity contribution >= 4 is 52.3 Å². The molecule has 1 fully saturated rings. The summed E-state index contributed by atoms with van der Waals surface area (Å²) < 4.78 is 7.14. The van der Waals surface area contributed by atoms with Crippen molar-refractivity contribution in [1.82, 2.24) is 10.2 Å². The lowest BCUT2D eigenvalue weighted by Gasteiger charge is -2.23. The van der Waals surface area contributed by atoms with E-state index in [-0.39, 0.29) is 24.8 Å². The van der Waals surface area contributed by atoms with Crippen LogP contribution in [0.4, 0.5) is 0 Å². The summed E-state index contributed by atoms with van der Waals surface area (Å²) in [4.78, 5) is 2.56. The number of likely N-dealkylation sites (N-methyl/N-ethyl adjacent to an activating group) is 1. The normalized spacial score (nSPS) is 16.3. The van der Waals surface area contributed by atoms with Gasteiger partial charge in [-0.1, -0.05) is 46.6 Å². The summed E-state index contributed by atoms with van der Waals surface area (Å²) in [6, 6.07) is 14.6. The third-order valence-corrected chi connectivity index (χ3v) is 5.68. The van der Waals surface area contributed by atoms with Crippen molar-refractivity contribution in [2.24, 2.45) is 0 Å². The quantitative estimate of drug-likeness (QED) is 0.465. The molecule has 1 unspecified atom stereocenters. The Bertz CT molecular complexity index is 715. The molecule has 156 valence electrons. The first-order valence-corrected chi connectivity index (χ1v) is 10.4. The van der Waals surface area contributed by atoms with E-state index in [1.54, 1.807) is 0 Å². The average molecular weight is 511 g/mol. The topological polar surface area (TPSA) is 24.5 Å². The van der Waals surface area contributed by atoms with Crippen molar-refractivity contribution in [1.29, 1.82) is 0 Å². The number of hydrogen-bond acceptors (Lipinski definition) is 3. The van der Waals surface area contributed by atoms with E-state index in [1.165, 1.54) is 24.9 Å². The Morgan fingerprint density at radius 3 is 2.64 bits per heavy atom. The van der Waals surface area contributed by atoms with Crippen LogP contribution in [0.15, 0.2) is 46.9 Å².